The molecule has 30 heavy (non-hydrogen) atoms. The SMILES string of the molecule is CCOc1ccc(-c2oc(CCCCCCC(=O)NO)nc2-c2ccncc2)cc1. The number of carbonyl (C=O) groups is 1. The molecule has 7 heteroatoms. The van der Waals surface area contributed by atoms with E-state index in [2.05, 4.69) is 4.98 Å². The number of unbranched alkanes of at least 4 members (excludes halogenated alkanes) is 3. The zero-order valence-corrected chi connectivity index (χ0v) is 17.1. The summed E-state index contributed by atoms with van der Waals surface area (Å²) < 4.78 is 11.7. The van der Waals surface area contributed by atoms with E-state index in [9.17, 15) is 4.79 Å². The number of nitrogens with zero attached hydrogens (tertiary/aromatic N) is 2. The van der Waals surface area contributed by atoms with E-state index in [0.717, 1.165) is 60.4 Å². The highest BCUT2D eigenvalue weighted by atomic mass is 16.5. The van der Waals surface area contributed by atoms with Crippen molar-refractivity contribution < 1.29 is 19.2 Å². The summed E-state index contributed by atoms with van der Waals surface area (Å²) in [4.78, 5) is 19.9. The quantitative estimate of drug-likeness (QED) is 0.268. The van der Waals surface area contributed by atoms with Gasteiger partial charge < -0.3 is 9.15 Å². The maximum atomic E-state index is 11.0. The van der Waals surface area contributed by atoms with Gasteiger partial charge in [-0.05, 0) is 56.2 Å². The highest BCUT2D eigenvalue weighted by Gasteiger charge is 2.17. The van der Waals surface area contributed by atoms with Crippen molar-refractivity contribution in [2.75, 3.05) is 6.61 Å². The molecule has 2 aromatic heterocycles. The molecule has 0 fully saturated rings. The third-order valence-electron chi connectivity index (χ3n) is 4.72. The van der Waals surface area contributed by atoms with Gasteiger partial charge in [-0.25, -0.2) is 10.5 Å². The van der Waals surface area contributed by atoms with Gasteiger partial charge >= 0.3 is 0 Å². The summed E-state index contributed by atoms with van der Waals surface area (Å²) in [6.07, 6.45) is 8.09. The van der Waals surface area contributed by atoms with Crippen LogP contribution >= 0.6 is 0 Å². The highest BCUT2D eigenvalue weighted by Crippen LogP contribution is 2.33. The summed E-state index contributed by atoms with van der Waals surface area (Å²) in [7, 11) is 0. The number of hydrogen-bond acceptors (Lipinski definition) is 6. The molecular weight excluding hydrogens is 382 g/mol. The minimum Gasteiger partial charge on any atom is -0.494 e. The first-order chi connectivity index (χ1) is 14.7. The van der Waals surface area contributed by atoms with Gasteiger partial charge in [0.1, 0.15) is 11.4 Å². The van der Waals surface area contributed by atoms with Crippen molar-refractivity contribution in [2.45, 2.75) is 45.4 Å². The third kappa shape index (κ3) is 5.90. The lowest BCUT2D eigenvalue weighted by molar-refractivity contribution is -0.129. The number of aromatic nitrogens is 2. The van der Waals surface area contributed by atoms with E-state index in [-0.39, 0.29) is 5.91 Å². The van der Waals surface area contributed by atoms with Crippen molar-refractivity contribution >= 4 is 5.91 Å². The Bertz CT molecular complexity index is 923. The number of hydrogen-bond donors (Lipinski definition) is 2. The molecule has 3 aromatic rings. The van der Waals surface area contributed by atoms with E-state index in [1.54, 1.807) is 17.9 Å². The van der Waals surface area contributed by atoms with E-state index < -0.39 is 0 Å². The molecule has 0 aliphatic heterocycles. The number of rotatable bonds is 11. The number of benzene rings is 1. The molecule has 0 saturated carbocycles. The van der Waals surface area contributed by atoms with Crippen LogP contribution in [0.3, 0.4) is 0 Å². The fourth-order valence-corrected chi connectivity index (χ4v) is 3.21. The van der Waals surface area contributed by atoms with E-state index in [0.29, 0.717) is 18.9 Å². The van der Waals surface area contributed by atoms with Crippen molar-refractivity contribution in [1.29, 1.82) is 0 Å². The summed E-state index contributed by atoms with van der Waals surface area (Å²) >= 11 is 0. The van der Waals surface area contributed by atoms with Gasteiger partial charge in [-0.2, -0.15) is 0 Å². The number of oxazole rings is 1. The molecule has 0 spiro atoms. The molecule has 1 aromatic carbocycles. The third-order valence-corrected chi connectivity index (χ3v) is 4.72. The predicted molar refractivity (Wildman–Crippen MR) is 113 cm³/mol. The van der Waals surface area contributed by atoms with Crippen molar-refractivity contribution in [3.63, 3.8) is 0 Å². The fraction of sp³-hybridized carbons (Fsp3) is 0.348. The van der Waals surface area contributed by atoms with Gasteiger partial charge in [0, 0.05) is 36.4 Å². The van der Waals surface area contributed by atoms with Crippen LogP contribution in [0.5, 0.6) is 5.75 Å². The first-order valence-corrected chi connectivity index (χ1v) is 10.3. The Labute approximate surface area is 176 Å². The van der Waals surface area contributed by atoms with Gasteiger partial charge in [0.25, 0.3) is 0 Å². The van der Waals surface area contributed by atoms with Crippen LogP contribution < -0.4 is 10.2 Å². The zero-order valence-electron chi connectivity index (χ0n) is 17.1. The average Bonchev–Trinajstić information content (AvgIpc) is 3.21. The van der Waals surface area contributed by atoms with Crippen LogP contribution in [0, 0.1) is 0 Å². The van der Waals surface area contributed by atoms with Gasteiger partial charge in [-0.1, -0.05) is 12.8 Å². The van der Waals surface area contributed by atoms with E-state index in [4.69, 9.17) is 19.3 Å². The molecule has 0 aliphatic carbocycles. The summed E-state index contributed by atoms with van der Waals surface area (Å²) in [5.41, 5.74) is 4.36. The summed E-state index contributed by atoms with van der Waals surface area (Å²) in [6.45, 7) is 2.58. The Morgan fingerprint density at radius 2 is 1.77 bits per heavy atom. The van der Waals surface area contributed by atoms with Gasteiger partial charge in [-0.15, -0.1) is 0 Å². The molecule has 3 rings (SSSR count). The molecule has 2 N–H and O–H groups in total. The zero-order chi connectivity index (χ0) is 21.2. The number of ether oxygens (including phenoxy) is 1. The van der Waals surface area contributed by atoms with Crippen molar-refractivity contribution in [3.05, 3.63) is 54.7 Å². The molecule has 2 heterocycles. The van der Waals surface area contributed by atoms with Crippen LogP contribution in [-0.2, 0) is 11.2 Å². The number of amides is 1. The summed E-state index contributed by atoms with van der Waals surface area (Å²) in [5, 5.41) is 8.51. The Balaban J connectivity index is 1.70. The molecule has 0 bridgehead atoms. The number of aryl methyl sites for hydroxylation is 1. The number of nitrogens with one attached hydrogen (secondary N) is 1. The Morgan fingerprint density at radius 1 is 1.03 bits per heavy atom. The summed E-state index contributed by atoms with van der Waals surface area (Å²) in [5.74, 6) is 1.91. The van der Waals surface area contributed by atoms with E-state index >= 15 is 0 Å². The van der Waals surface area contributed by atoms with Gasteiger partial charge in [-0.3, -0.25) is 15.0 Å². The molecular formula is C23H27N3O4. The molecule has 7 nitrogen and oxygen atoms in total. The van der Waals surface area contributed by atoms with Crippen LogP contribution in [0.25, 0.3) is 22.6 Å². The Morgan fingerprint density at radius 3 is 2.47 bits per heavy atom. The smallest absolute Gasteiger partial charge is 0.243 e. The molecule has 0 radical (unpaired) electrons. The fourth-order valence-electron chi connectivity index (χ4n) is 3.21. The lowest BCUT2D eigenvalue weighted by atomic mass is 10.1. The van der Waals surface area contributed by atoms with E-state index in [1.165, 1.54) is 0 Å². The lowest BCUT2D eigenvalue weighted by Gasteiger charge is -2.04. The normalized spacial score (nSPS) is 10.7. The minimum absolute atomic E-state index is 0.337. The van der Waals surface area contributed by atoms with Crippen LogP contribution in [-0.4, -0.2) is 27.7 Å². The van der Waals surface area contributed by atoms with Crippen molar-refractivity contribution in [1.82, 2.24) is 15.4 Å². The first-order valence-electron chi connectivity index (χ1n) is 10.3. The standard InChI is InChI=1S/C23H27N3O4/c1-2-29-19-11-9-18(10-12-19)23-22(17-13-15-24-16-14-17)25-21(30-23)8-6-4-3-5-7-20(27)26-28/h9-16,28H,2-8H2,1H3,(H,26,27). The largest absolute Gasteiger partial charge is 0.494 e. The summed E-state index contributed by atoms with van der Waals surface area (Å²) in [6, 6.07) is 11.7. The van der Waals surface area contributed by atoms with Gasteiger partial charge in [0.2, 0.25) is 5.91 Å². The lowest BCUT2D eigenvalue weighted by Crippen LogP contribution is -2.17. The number of carbonyl (C=O) groups excluding carboxylic acids is 1. The van der Waals surface area contributed by atoms with Crippen LogP contribution in [0.15, 0.2) is 53.2 Å². The number of hydroxylamine groups is 1. The topological polar surface area (TPSA) is 97.5 Å². The van der Waals surface area contributed by atoms with Crippen LogP contribution in [0.4, 0.5) is 0 Å². The Hall–Kier alpha value is -3.19. The molecule has 0 aliphatic rings. The predicted octanol–water partition coefficient (Wildman–Crippen LogP) is 4.80. The molecule has 0 saturated heterocycles. The second-order valence-electron chi connectivity index (χ2n) is 6.93. The molecule has 0 atom stereocenters. The van der Waals surface area contributed by atoms with Crippen LogP contribution in [0.1, 0.15) is 44.9 Å². The van der Waals surface area contributed by atoms with Crippen LogP contribution in [0.2, 0.25) is 0 Å². The Kier molecular flexibility index (Phi) is 7.97. The van der Waals surface area contributed by atoms with E-state index in [1.807, 2.05) is 43.3 Å². The highest BCUT2D eigenvalue weighted by molar-refractivity contribution is 5.77. The second-order valence-corrected chi connectivity index (χ2v) is 6.93. The van der Waals surface area contributed by atoms with Gasteiger partial charge in [0.15, 0.2) is 11.7 Å². The molecule has 1 amide bonds. The van der Waals surface area contributed by atoms with Crippen molar-refractivity contribution in [3.8, 4) is 28.3 Å². The first kappa shape index (κ1) is 21.5. The number of pyridine rings is 1. The maximum Gasteiger partial charge on any atom is 0.243 e. The van der Waals surface area contributed by atoms with Crippen molar-refractivity contribution in [2.24, 2.45) is 0 Å². The second kappa shape index (κ2) is 11.1. The maximum absolute atomic E-state index is 11.0. The average molecular weight is 409 g/mol. The molecule has 158 valence electrons. The molecule has 0 unspecified atom stereocenters. The monoisotopic (exact) mass is 409 g/mol. The van der Waals surface area contributed by atoms with Gasteiger partial charge in [0.05, 0.1) is 6.61 Å². The minimum atomic E-state index is -0.343.